The Morgan fingerprint density at radius 1 is 1.20 bits per heavy atom. The van der Waals surface area contributed by atoms with Crippen LogP contribution in [0.2, 0.25) is 0 Å². The zero-order valence-electron chi connectivity index (χ0n) is 12.0. The molecule has 0 aromatic carbocycles. The fourth-order valence-electron chi connectivity index (χ4n) is 3.13. The van der Waals surface area contributed by atoms with E-state index in [9.17, 15) is 4.79 Å². The van der Waals surface area contributed by atoms with Crippen LogP contribution in [0.15, 0.2) is 24.4 Å². The summed E-state index contributed by atoms with van der Waals surface area (Å²) in [5.74, 6) is 1.32. The lowest BCUT2D eigenvalue weighted by atomic mass is 10.1. The van der Waals surface area contributed by atoms with Crippen LogP contribution in [0.1, 0.15) is 12.8 Å². The van der Waals surface area contributed by atoms with Crippen LogP contribution in [0.3, 0.4) is 0 Å². The van der Waals surface area contributed by atoms with Gasteiger partial charge in [-0.15, -0.1) is 0 Å². The molecule has 108 valence electrons. The summed E-state index contributed by atoms with van der Waals surface area (Å²) >= 11 is 0. The van der Waals surface area contributed by atoms with Crippen LogP contribution in [-0.2, 0) is 4.79 Å². The first-order valence-corrected chi connectivity index (χ1v) is 7.41. The van der Waals surface area contributed by atoms with Gasteiger partial charge in [-0.1, -0.05) is 6.07 Å². The van der Waals surface area contributed by atoms with Gasteiger partial charge in [0.1, 0.15) is 5.82 Å². The van der Waals surface area contributed by atoms with Crippen LogP contribution >= 0.6 is 0 Å². The Morgan fingerprint density at radius 2 is 2.00 bits per heavy atom. The lowest BCUT2D eigenvalue weighted by Crippen LogP contribution is -2.53. The molecule has 1 amide bonds. The number of hydrogen-bond acceptors (Lipinski definition) is 4. The summed E-state index contributed by atoms with van der Waals surface area (Å²) in [6.45, 7) is 4.40. The molecule has 5 nitrogen and oxygen atoms in total. The zero-order valence-corrected chi connectivity index (χ0v) is 12.0. The minimum absolute atomic E-state index is 0.108. The molecule has 0 aliphatic carbocycles. The van der Waals surface area contributed by atoms with Gasteiger partial charge in [0.25, 0.3) is 0 Å². The topological polar surface area (TPSA) is 39.7 Å². The Hall–Kier alpha value is -1.62. The highest BCUT2D eigenvalue weighted by molar-refractivity contribution is 5.82. The number of carbonyl (C=O) groups is 1. The molecule has 0 radical (unpaired) electrons. The zero-order chi connectivity index (χ0) is 13.9. The number of pyridine rings is 1. The highest BCUT2D eigenvalue weighted by Gasteiger charge is 2.32. The second kappa shape index (κ2) is 5.79. The molecule has 0 bridgehead atoms. The number of anilines is 1. The number of carbonyl (C=O) groups excluding carboxylic acids is 1. The van der Waals surface area contributed by atoms with E-state index in [4.69, 9.17) is 0 Å². The highest BCUT2D eigenvalue weighted by atomic mass is 16.2. The van der Waals surface area contributed by atoms with E-state index in [1.807, 2.05) is 29.3 Å². The molecule has 1 aromatic rings. The predicted octanol–water partition coefficient (Wildman–Crippen LogP) is 0.824. The molecule has 3 heterocycles. The lowest BCUT2D eigenvalue weighted by Gasteiger charge is -2.37. The van der Waals surface area contributed by atoms with Crippen molar-refractivity contribution in [2.24, 2.45) is 0 Å². The van der Waals surface area contributed by atoms with Gasteiger partial charge in [0.2, 0.25) is 5.91 Å². The van der Waals surface area contributed by atoms with Gasteiger partial charge in [0.05, 0.1) is 6.04 Å². The van der Waals surface area contributed by atoms with Crippen molar-refractivity contribution in [3.63, 3.8) is 0 Å². The molecule has 1 unspecified atom stereocenters. The first kappa shape index (κ1) is 13.4. The SMILES string of the molecule is CN1CCCC1C(=O)N1CCN(c2ccccn2)CC1. The summed E-state index contributed by atoms with van der Waals surface area (Å²) in [6, 6.07) is 6.07. The van der Waals surface area contributed by atoms with Crippen LogP contribution < -0.4 is 4.90 Å². The molecule has 2 aliphatic heterocycles. The van der Waals surface area contributed by atoms with Crippen LogP contribution in [-0.4, -0.2) is 66.5 Å². The van der Waals surface area contributed by atoms with Gasteiger partial charge in [0.15, 0.2) is 0 Å². The predicted molar refractivity (Wildman–Crippen MR) is 78.7 cm³/mol. The monoisotopic (exact) mass is 274 g/mol. The van der Waals surface area contributed by atoms with Crippen molar-refractivity contribution in [2.75, 3.05) is 44.7 Å². The average Bonchev–Trinajstić information content (AvgIpc) is 2.94. The number of likely N-dealkylation sites (tertiary alicyclic amines) is 1. The summed E-state index contributed by atoms with van der Waals surface area (Å²) < 4.78 is 0. The first-order valence-electron chi connectivity index (χ1n) is 7.41. The van der Waals surface area contributed by atoms with E-state index in [0.29, 0.717) is 5.91 Å². The maximum Gasteiger partial charge on any atom is 0.240 e. The van der Waals surface area contributed by atoms with Crippen molar-refractivity contribution < 1.29 is 4.79 Å². The maximum atomic E-state index is 12.5. The number of piperazine rings is 1. The lowest BCUT2D eigenvalue weighted by molar-refractivity contribution is -0.135. The summed E-state index contributed by atoms with van der Waals surface area (Å²) in [5, 5.41) is 0. The number of hydrogen-bond donors (Lipinski definition) is 0. The third-order valence-corrected chi connectivity index (χ3v) is 4.37. The molecule has 2 saturated heterocycles. The highest BCUT2D eigenvalue weighted by Crippen LogP contribution is 2.19. The first-order chi connectivity index (χ1) is 9.75. The molecular weight excluding hydrogens is 252 g/mol. The number of rotatable bonds is 2. The van der Waals surface area contributed by atoms with Gasteiger partial charge in [0, 0.05) is 32.4 Å². The minimum Gasteiger partial charge on any atom is -0.353 e. The van der Waals surface area contributed by atoms with E-state index in [1.165, 1.54) is 0 Å². The Labute approximate surface area is 120 Å². The number of aromatic nitrogens is 1. The Morgan fingerprint density at radius 3 is 2.60 bits per heavy atom. The molecule has 1 aromatic heterocycles. The van der Waals surface area contributed by atoms with Gasteiger partial charge in [-0.05, 0) is 38.6 Å². The summed E-state index contributed by atoms with van der Waals surface area (Å²) in [6.07, 6.45) is 3.97. The second-order valence-corrected chi connectivity index (χ2v) is 5.64. The molecule has 2 fully saturated rings. The van der Waals surface area contributed by atoms with E-state index in [1.54, 1.807) is 0 Å². The second-order valence-electron chi connectivity index (χ2n) is 5.64. The number of amides is 1. The Bertz CT molecular complexity index is 456. The molecule has 0 spiro atoms. The summed E-state index contributed by atoms with van der Waals surface area (Å²) in [5.41, 5.74) is 0. The molecular formula is C15H22N4O. The summed E-state index contributed by atoms with van der Waals surface area (Å²) in [7, 11) is 2.06. The Kier molecular flexibility index (Phi) is 3.87. The molecule has 0 N–H and O–H groups in total. The van der Waals surface area contributed by atoms with Crippen LogP contribution in [0.5, 0.6) is 0 Å². The number of nitrogens with zero attached hydrogens (tertiary/aromatic N) is 4. The van der Waals surface area contributed by atoms with E-state index in [2.05, 4.69) is 21.8 Å². The Balaban J connectivity index is 1.57. The molecule has 20 heavy (non-hydrogen) atoms. The van der Waals surface area contributed by atoms with Gasteiger partial charge in [-0.2, -0.15) is 0 Å². The van der Waals surface area contributed by atoms with Crippen LogP contribution in [0, 0.1) is 0 Å². The van der Waals surface area contributed by atoms with Crippen LogP contribution in [0.4, 0.5) is 5.82 Å². The standard InChI is InChI=1S/C15H22N4O/c1-17-8-4-5-13(17)15(20)19-11-9-18(10-12-19)14-6-2-3-7-16-14/h2-3,6-7,13H,4-5,8-12H2,1H3. The van der Waals surface area contributed by atoms with Gasteiger partial charge in [-0.3, -0.25) is 9.69 Å². The van der Waals surface area contributed by atoms with Crippen LogP contribution in [0.25, 0.3) is 0 Å². The maximum absolute atomic E-state index is 12.5. The van der Waals surface area contributed by atoms with Crippen molar-refractivity contribution in [2.45, 2.75) is 18.9 Å². The largest absolute Gasteiger partial charge is 0.353 e. The quantitative estimate of drug-likeness (QED) is 0.800. The van der Waals surface area contributed by atoms with Crippen molar-refractivity contribution in [1.29, 1.82) is 0 Å². The molecule has 2 aliphatic rings. The number of likely N-dealkylation sites (N-methyl/N-ethyl adjacent to an activating group) is 1. The van der Waals surface area contributed by atoms with Gasteiger partial charge < -0.3 is 9.80 Å². The average molecular weight is 274 g/mol. The van der Waals surface area contributed by atoms with Crippen molar-refractivity contribution in [1.82, 2.24) is 14.8 Å². The van der Waals surface area contributed by atoms with Crippen molar-refractivity contribution in [3.8, 4) is 0 Å². The minimum atomic E-state index is 0.108. The smallest absolute Gasteiger partial charge is 0.240 e. The van der Waals surface area contributed by atoms with Crippen molar-refractivity contribution >= 4 is 11.7 Å². The third-order valence-electron chi connectivity index (χ3n) is 4.37. The van der Waals surface area contributed by atoms with E-state index in [-0.39, 0.29) is 6.04 Å². The molecule has 1 atom stereocenters. The fraction of sp³-hybridized carbons (Fsp3) is 0.600. The van der Waals surface area contributed by atoms with Gasteiger partial charge in [-0.25, -0.2) is 4.98 Å². The van der Waals surface area contributed by atoms with Gasteiger partial charge >= 0.3 is 0 Å². The fourth-order valence-corrected chi connectivity index (χ4v) is 3.13. The molecule has 3 rings (SSSR count). The molecule has 5 heteroatoms. The van der Waals surface area contributed by atoms with E-state index >= 15 is 0 Å². The molecule has 0 saturated carbocycles. The van der Waals surface area contributed by atoms with Crippen molar-refractivity contribution in [3.05, 3.63) is 24.4 Å². The summed E-state index contributed by atoms with van der Waals surface area (Å²) in [4.78, 5) is 23.3. The normalized spacial score (nSPS) is 24.1. The van der Waals surface area contributed by atoms with E-state index in [0.717, 1.165) is 51.4 Å². The third kappa shape index (κ3) is 2.63. The van der Waals surface area contributed by atoms with E-state index < -0.39 is 0 Å².